The monoisotopic (exact) mass is 333 g/mol. The molecule has 0 amide bonds. The Hall–Kier alpha value is -1.50. The van der Waals surface area contributed by atoms with Gasteiger partial charge in [0.25, 0.3) is 0 Å². The molecule has 4 nitrogen and oxygen atoms in total. The second kappa shape index (κ2) is 6.55. The Kier molecular flexibility index (Phi) is 5.08. The van der Waals surface area contributed by atoms with Gasteiger partial charge < -0.3 is 15.2 Å². The van der Waals surface area contributed by atoms with Crippen molar-refractivity contribution in [2.75, 3.05) is 19.7 Å². The Morgan fingerprint density at radius 2 is 2.09 bits per heavy atom. The van der Waals surface area contributed by atoms with Crippen LogP contribution >= 0.6 is 0 Å². The number of alkyl halides is 3. The third-order valence-electron chi connectivity index (χ3n) is 4.62. The first kappa shape index (κ1) is 17.8. The van der Waals surface area contributed by atoms with Gasteiger partial charge in [0.1, 0.15) is 6.61 Å². The number of hydrogen-bond acceptors (Lipinski definition) is 3. The van der Waals surface area contributed by atoms with Gasteiger partial charge in [0.15, 0.2) is 0 Å². The largest absolute Gasteiger partial charge is 0.497 e. The Labute approximate surface area is 133 Å². The van der Waals surface area contributed by atoms with Crippen molar-refractivity contribution >= 4 is 5.97 Å². The summed E-state index contributed by atoms with van der Waals surface area (Å²) in [6, 6.07) is 0. The van der Waals surface area contributed by atoms with Crippen LogP contribution in [0.5, 0.6) is 0 Å². The molecule has 0 spiro atoms. The number of halogens is 3. The number of carbonyl (C=O) groups is 1. The van der Waals surface area contributed by atoms with E-state index in [-0.39, 0.29) is 0 Å². The van der Waals surface area contributed by atoms with Crippen LogP contribution in [0.3, 0.4) is 0 Å². The maximum absolute atomic E-state index is 10.6. The van der Waals surface area contributed by atoms with Crippen molar-refractivity contribution in [2.24, 2.45) is 11.3 Å². The first-order valence-corrected chi connectivity index (χ1v) is 7.68. The second-order valence-corrected chi connectivity index (χ2v) is 6.74. The van der Waals surface area contributed by atoms with Crippen LogP contribution in [-0.4, -0.2) is 36.9 Å². The van der Waals surface area contributed by atoms with Crippen LogP contribution in [0, 0.1) is 11.3 Å². The van der Waals surface area contributed by atoms with Crippen molar-refractivity contribution < 1.29 is 27.8 Å². The molecule has 2 heterocycles. The Morgan fingerprint density at radius 1 is 1.43 bits per heavy atom. The number of hydrogen-bond donors (Lipinski definition) is 2. The summed E-state index contributed by atoms with van der Waals surface area (Å²) in [7, 11) is 0. The van der Waals surface area contributed by atoms with Gasteiger partial charge in [-0.1, -0.05) is 13.8 Å². The number of nitrogens with one attached hydrogen (secondary N) is 1. The van der Waals surface area contributed by atoms with Crippen molar-refractivity contribution in [1.82, 2.24) is 5.32 Å². The van der Waals surface area contributed by atoms with Gasteiger partial charge in [-0.2, -0.15) is 13.2 Å². The molecule has 3 aliphatic rings. The highest BCUT2D eigenvalue weighted by Crippen LogP contribution is 2.49. The van der Waals surface area contributed by atoms with Crippen LogP contribution in [0.1, 0.15) is 33.1 Å². The highest BCUT2D eigenvalue weighted by Gasteiger charge is 2.39. The Morgan fingerprint density at radius 3 is 2.70 bits per heavy atom. The average molecular weight is 333 g/mol. The standard InChI is InChI=1S/C14H21NO.C2HF3O2/c1-14(2)5-3-10-7-15-6-4-11-8-16-9-12(14)13(10)11;3-2(4,5)1(6)7/h9-10,15H,3-8H2,1-2H3;(H,6,7). The van der Waals surface area contributed by atoms with Gasteiger partial charge in [0, 0.05) is 6.54 Å². The minimum Gasteiger partial charge on any atom is -0.497 e. The van der Waals surface area contributed by atoms with Crippen molar-refractivity contribution in [3.63, 3.8) is 0 Å². The first-order valence-electron chi connectivity index (χ1n) is 7.68. The van der Waals surface area contributed by atoms with Gasteiger partial charge in [-0.25, -0.2) is 4.79 Å². The fraction of sp³-hybridized carbons (Fsp3) is 0.688. The summed E-state index contributed by atoms with van der Waals surface area (Å²) < 4.78 is 37.4. The zero-order valence-corrected chi connectivity index (χ0v) is 13.3. The summed E-state index contributed by atoms with van der Waals surface area (Å²) in [5.74, 6) is -2.02. The molecule has 0 radical (unpaired) electrons. The summed E-state index contributed by atoms with van der Waals surface area (Å²) in [5.41, 5.74) is 4.99. The second-order valence-electron chi connectivity index (χ2n) is 6.74. The van der Waals surface area contributed by atoms with Crippen LogP contribution in [0.4, 0.5) is 13.2 Å². The molecule has 0 bridgehead atoms. The number of ether oxygens (including phenoxy) is 1. The molecule has 0 aromatic carbocycles. The maximum atomic E-state index is 10.6. The fourth-order valence-corrected chi connectivity index (χ4v) is 3.33. The van der Waals surface area contributed by atoms with E-state index in [1.54, 1.807) is 11.1 Å². The third-order valence-corrected chi connectivity index (χ3v) is 4.62. The molecule has 2 N–H and O–H groups in total. The van der Waals surface area contributed by atoms with E-state index in [9.17, 15) is 13.2 Å². The SMILES string of the molecule is CC1(C)CCC2CNCCC3=C2C1=COC3.O=C(O)C(F)(F)F. The predicted molar refractivity (Wildman–Crippen MR) is 78.7 cm³/mol. The summed E-state index contributed by atoms with van der Waals surface area (Å²) >= 11 is 0. The third kappa shape index (κ3) is 4.07. The zero-order valence-electron chi connectivity index (χ0n) is 13.3. The van der Waals surface area contributed by atoms with Gasteiger partial charge in [-0.05, 0) is 53.9 Å². The number of rotatable bonds is 0. The molecule has 0 aromatic rings. The van der Waals surface area contributed by atoms with Gasteiger partial charge in [-0.3, -0.25) is 0 Å². The van der Waals surface area contributed by atoms with E-state index in [1.807, 2.05) is 6.26 Å². The minimum atomic E-state index is -5.08. The van der Waals surface area contributed by atoms with E-state index in [4.69, 9.17) is 14.6 Å². The summed E-state index contributed by atoms with van der Waals surface area (Å²) in [5, 5.41) is 10.7. The molecule has 3 rings (SSSR count). The Bertz CT molecular complexity index is 535. The molecular formula is C16H22F3NO3. The molecule has 7 heteroatoms. The van der Waals surface area contributed by atoms with Crippen LogP contribution in [0.2, 0.25) is 0 Å². The normalized spacial score (nSPS) is 26.0. The van der Waals surface area contributed by atoms with Crippen molar-refractivity contribution in [3.05, 3.63) is 23.0 Å². The number of carboxylic acids is 1. The van der Waals surface area contributed by atoms with E-state index in [0.717, 1.165) is 25.6 Å². The first-order chi connectivity index (χ1) is 10.6. The van der Waals surface area contributed by atoms with E-state index in [2.05, 4.69) is 19.2 Å². The lowest BCUT2D eigenvalue weighted by atomic mass is 9.65. The molecule has 0 saturated heterocycles. The van der Waals surface area contributed by atoms with Gasteiger partial charge in [-0.15, -0.1) is 0 Å². The van der Waals surface area contributed by atoms with E-state index in [1.165, 1.54) is 24.8 Å². The molecule has 1 aliphatic carbocycles. The topological polar surface area (TPSA) is 58.6 Å². The molecule has 1 unspecified atom stereocenters. The van der Waals surface area contributed by atoms with E-state index < -0.39 is 12.1 Å². The molecule has 0 aromatic heterocycles. The molecule has 2 aliphatic heterocycles. The van der Waals surface area contributed by atoms with Crippen LogP contribution in [-0.2, 0) is 9.53 Å². The highest BCUT2D eigenvalue weighted by atomic mass is 19.4. The fourth-order valence-electron chi connectivity index (χ4n) is 3.33. The summed E-state index contributed by atoms with van der Waals surface area (Å²) in [6.07, 6.45) is 0.733. The summed E-state index contributed by atoms with van der Waals surface area (Å²) in [6.45, 7) is 7.81. The van der Waals surface area contributed by atoms with Gasteiger partial charge >= 0.3 is 12.1 Å². The lowest BCUT2D eigenvalue weighted by molar-refractivity contribution is -0.192. The van der Waals surface area contributed by atoms with Gasteiger partial charge in [0.05, 0.1) is 6.26 Å². The molecule has 130 valence electrons. The van der Waals surface area contributed by atoms with Gasteiger partial charge in [0.2, 0.25) is 0 Å². The van der Waals surface area contributed by atoms with Crippen molar-refractivity contribution in [3.8, 4) is 0 Å². The smallest absolute Gasteiger partial charge is 0.490 e. The Balaban J connectivity index is 0.000000236. The summed E-state index contributed by atoms with van der Waals surface area (Å²) in [4.78, 5) is 8.90. The quantitative estimate of drug-likeness (QED) is 0.714. The number of carboxylic acid groups (broad SMARTS) is 1. The van der Waals surface area contributed by atoms with E-state index in [0.29, 0.717) is 5.41 Å². The maximum Gasteiger partial charge on any atom is 0.490 e. The minimum absolute atomic E-state index is 0.307. The number of allylic oxidation sites excluding steroid dienone is 1. The van der Waals surface area contributed by atoms with Crippen molar-refractivity contribution in [1.29, 1.82) is 0 Å². The van der Waals surface area contributed by atoms with E-state index >= 15 is 0 Å². The van der Waals surface area contributed by atoms with Crippen molar-refractivity contribution in [2.45, 2.75) is 39.3 Å². The predicted octanol–water partition coefficient (Wildman–Crippen LogP) is 3.26. The molecule has 1 fully saturated rings. The lowest BCUT2D eigenvalue weighted by Gasteiger charge is -2.41. The highest BCUT2D eigenvalue weighted by molar-refractivity contribution is 5.73. The lowest BCUT2D eigenvalue weighted by Crippen LogP contribution is -2.33. The zero-order chi connectivity index (χ0) is 17.3. The molecular weight excluding hydrogens is 311 g/mol. The van der Waals surface area contributed by atoms with Crippen LogP contribution < -0.4 is 5.32 Å². The number of aliphatic carboxylic acids is 1. The van der Waals surface area contributed by atoms with Crippen LogP contribution in [0.15, 0.2) is 23.0 Å². The average Bonchev–Trinajstić information content (AvgIpc) is 2.66. The molecule has 23 heavy (non-hydrogen) atoms. The molecule has 1 saturated carbocycles. The van der Waals surface area contributed by atoms with Crippen LogP contribution in [0.25, 0.3) is 0 Å². The molecule has 1 atom stereocenters.